The van der Waals surface area contributed by atoms with E-state index in [1.54, 1.807) is 24.3 Å². The summed E-state index contributed by atoms with van der Waals surface area (Å²) in [6.07, 6.45) is 3.43. The van der Waals surface area contributed by atoms with Crippen molar-refractivity contribution in [2.45, 2.75) is 13.8 Å². The third-order valence-electron chi connectivity index (χ3n) is 4.04. The maximum Gasteiger partial charge on any atom is 0.343 e. The van der Waals surface area contributed by atoms with Gasteiger partial charge < -0.3 is 14.6 Å². The Labute approximate surface area is 140 Å². The molecule has 0 aromatic heterocycles. The van der Waals surface area contributed by atoms with Crippen LogP contribution in [0.4, 0.5) is 0 Å². The Balaban J connectivity index is 1.95. The molecule has 0 aliphatic carbocycles. The van der Waals surface area contributed by atoms with E-state index in [0.717, 1.165) is 16.7 Å². The lowest BCUT2D eigenvalue weighted by Gasteiger charge is -2.05. The minimum Gasteiger partial charge on any atom is -0.504 e. The molecule has 0 amide bonds. The van der Waals surface area contributed by atoms with Gasteiger partial charge in [0, 0.05) is 5.56 Å². The number of phenols is 1. The minimum atomic E-state index is -0.393. The summed E-state index contributed by atoms with van der Waals surface area (Å²) >= 11 is 0. The molecule has 1 aliphatic heterocycles. The van der Waals surface area contributed by atoms with Crippen molar-refractivity contribution in [3.8, 4) is 11.5 Å². The SMILES string of the molecule is COc1cc(C=C2C=C(c3ccc(C)c(C)c3)OC2=O)ccc1O. The maximum absolute atomic E-state index is 12.1. The van der Waals surface area contributed by atoms with Crippen LogP contribution >= 0.6 is 0 Å². The van der Waals surface area contributed by atoms with Gasteiger partial charge >= 0.3 is 5.97 Å². The third-order valence-corrected chi connectivity index (χ3v) is 4.04. The number of aryl methyl sites for hydroxylation is 2. The Hall–Kier alpha value is -3.01. The van der Waals surface area contributed by atoms with Crippen molar-refractivity contribution in [1.29, 1.82) is 0 Å². The average Bonchev–Trinajstić information content (AvgIpc) is 2.92. The minimum absolute atomic E-state index is 0.0556. The van der Waals surface area contributed by atoms with E-state index in [9.17, 15) is 9.90 Å². The van der Waals surface area contributed by atoms with E-state index in [-0.39, 0.29) is 5.75 Å². The van der Waals surface area contributed by atoms with Crippen molar-refractivity contribution < 1.29 is 19.4 Å². The molecule has 0 unspecified atom stereocenters. The third kappa shape index (κ3) is 3.04. The summed E-state index contributed by atoms with van der Waals surface area (Å²) in [5.41, 5.74) is 4.41. The molecule has 0 saturated carbocycles. The number of carbonyl (C=O) groups is 1. The topological polar surface area (TPSA) is 55.8 Å². The largest absolute Gasteiger partial charge is 0.504 e. The number of esters is 1. The Morgan fingerprint density at radius 1 is 1.08 bits per heavy atom. The van der Waals surface area contributed by atoms with Gasteiger partial charge in [-0.25, -0.2) is 4.79 Å². The molecular formula is C20H18O4. The molecule has 0 atom stereocenters. The number of aromatic hydroxyl groups is 1. The molecule has 0 saturated heterocycles. The van der Waals surface area contributed by atoms with Gasteiger partial charge in [-0.1, -0.05) is 18.2 Å². The summed E-state index contributed by atoms with van der Waals surface area (Å²) in [6, 6.07) is 10.8. The van der Waals surface area contributed by atoms with E-state index in [4.69, 9.17) is 9.47 Å². The molecule has 1 aliphatic rings. The van der Waals surface area contributed by atoms with E-state index in [1.807, 2.05) is 32.0 Å². The summed E-state index contributed by atoms with van der Waals surface area (Å²) in [7, 11) is 1.48. The van der Waals surface area contributed by atoms with Gasteiger partial charge in [0.1, 0.15) is 5.76 Å². The lowest BCUT2D eigenvalue weighted by Crippen LogP contribution is -1.97. The number of benzene rings is 2. The Morgan fingerprint density at radius 2 is 1.88 bits per heavy atom. The Kier molecular flexibility index (Phi) is 4.13. The second kappa shape index (κ2) is 6.24. The first-order valence-electron chi connectivity index (χ1n) is 7.58. The highest BCUT2D eigenvalue weighted by atomic mass is 16.5. The van der Waals surface area contributed by atoms with Crippen LogP contribution in [0.2, 0.25) is 0 Å². The van der Waals surface area contributed by atoms with Crippen molar-refractivity contribution in [2.75, 3.05) is 7.11 Å². The van der Waals surface area contributed by atoms with Crippen molar-refractivity contribution in [3.63, 3.8) is 0 Å². The number of ether oxygens (including phenoxy) is 2. The molecule has 24 heavy (non-hydrogen) atoms. The number of hydrogen-bond acceptors (Lipinski definition) is 4. The number of phenolic OH excluding ortho intramolecular Hbond substituents is 1. The second-order valence-electron chi connectivity index (χ2n) is 5.73. The number of hydrogen-bond donors (Lipinski definition) is 1. The van der Waals surface area contributed by atoms with Crippen LogP contribution in [0, 0.1) is 13.8 Å². The van der Waals surface area contributed by atoms with Crippen LogP contribution in [0.1, 0.15) is 22.3 Å². The van der Waals surface area contributed by atoms with Crippen LogP contribution in [0.15, 0.2) is 48.0 Å². The molecule has 4 nitrogen and oxygen atoms in total. The molecule has 3 rings (SSSR count). The van der Waals surface area contributed by atoms with Gasteiger partial charge in [-0.3, -0.25) is 0 Å². The fraction of sp³-hybridized carbons (Fsp3) is 0.150. The zero-order chi connectivity index (χ0) is 17.3. The van der Waals surface area contributed by atoms with Gasteiger partial charge in [-0.05, 0) is 60.9 Å². The van der Waals surface area contributed by atoms with E-state index >= 15 is 0 Å². The number of carbonyl (C=O) groups excluding carboxylic acids is 1. The molecule has 4 heteroatoms. The zero-order valence-electron chi connectivity index (χ0n) is 13.8. The molecule has 0 bridgehead atoms. The second-order valence-corrected chi connectivity index (χ2v) is 5.73. The van der Waals surface area contributed by atoms with Gasteiger partial charge in [0.15, 0.2) is 11.5 Å². The van der Waals surface area contributed by atoms with Crippen LogP contribution in [0.5, 0.6) is 11.5 Å². The quantitative estimate of drug-likeness (QED) is 0.685. The predicted octanol–water partition coefficient (Wildman–Crippen LogP) is 4.00. The van der Waals surface area contributed by atoms with Crippen LogP contribution in [0.25, 0.3) is 11.8 Å². The zero-order valence-corrected chi connectivity index (χ0v) is 13.8. The summed E-state index contributed by atoms with van der Waals surface area (Å²) in [5.74, 6) is 0.560. The monoisotopic (exact) mass is 322 g/mol. The van der Waals surface area contributed by atoms with Crippen LogP contribution in [-0.4, -0.2) is 18.2 Å². The standard InChI is InChI=1S/C20H18O4/c1-12-4-6-15(8-13(12)2)18-11-16(20(22)24-18)9-14-5-7-17(21)19(10-14)23-3/h4-11,21H,1-3H3. The highest BCUT2D eigenvalue weighted by molar-refractivity contribution is 6.05. The number of cyclic esters (lactones) is 1. The molecule has 0 spiro atoms. The Bertz CT molecular complexity index is 875. The fourth-order valence-electron chi connectivity index (χ4n) is 2.49. The van der Waals surface area contributed by atoms with Gasteiger partial charge in [-0.2, -0.15) is 0 Å². The van der Waals surface area contributed by atoms with Gasteiger partial charge in [0.05, 0.1) is 12.7 Å². The van der Waals surface area contributed by atoms with E-state index in [2.05, 4.69) is 0 Å². The molecule has 1 heterocycles. The number of methoxy groups -OCH3 is 1. The van der Waals surface area contributed by atoms with Crippen LogP contribution in [-0.2, 0) is 9.53 Å². The lowest BCUT2D eigenvalue weighted by atomic mass is 10.0. The first-order chi connectivity index (χ1) is 11.5. The molecule has 122 valence electrons. The van der Waals surface area contributed by atoms with E-state index in [0.29, 0.717) is 17.1 Å². The fourth-order valence-corrected chi connectivity index (χ4v) is 2.49. The lowest BCUT2D eigenvalue weighted by molar-refractivity contribution is -0.130. The number of rotatable bonds is 3. The highest BCUT2D eigenvalue weighted by Gasteiger charge is 2.22. The van der Waals surface area contributed by atoms with Crippen molar-refractivity contribution in [3.05, 3.63) is 70.3 Å². The van der Waals surface area contributed by atoms with Crippen molar-refractivity contribution in [2.24, 2.45) is 0 Å². The molecule has 1 N–H and O–H groups in total. The summed E-state index contributed by atoms with van der Waals surface area (Å²) < 4.78 is 10.5. The van der Waals surface area contributed by atoms with Crippen molar-refractivity contribution in [1.82, 2.24) is 0 Å². The summed E-state index contributed by atoms with van der Waals surface area (Å²) in [4.78, 5) is 12.1. The molecule has 0 fully saturated rings. The summed E-state index contributed by atoms with van der Waals surface area (Å²) in [5, 5.41) is 9.64. The Morgan fingerprint density at radius 3 is 2.58 bits per heavy atom. The molecular weight excluding hydrogens is 304 g/mol. The van der Waals surface area contributed by atoms with Crippen molar-refractivity contribution >= 4 is 17.8 Å². The molecule has 0 radical (unpaired) electrons. The van der Waals surface area contributed by atoms with Gasteiger partial charge in [-0.15, -0.1) is 0 Å². The predicted molar refractivity (Wildman–Crippen MR) is 92.6 cm³/mol. The average molecular weight is 322 g/mol. The first kappa shape index (κ1) is 15.9. The van der Waals surface area contributed by atoms with Crippen LogP contribution < -0.4 is 4.74 Å². The van der Waals surface area contributed by atoms with E-state index in [1.165, 1.54) is 18.7 Å². The smallest absolute Gasteiger partial charge is 0.343 e. The normalized spacial score (nSPS) is 15.4. The molecule has 2 aromatic carbocycles. The van der Waals surface area contributed by atoms with Gasteiger partial charge in [0.2, 0.25) is 0 Å². The van der Waals surface area contributed by atoms with E-state index < -0.39 is 5.97 Å². The summed E-state index contributed by atoms with van der Waals surface area (Å²) in [6.45, 7) is 4.06. The first-order valence-corrected chi connectivity index (χ1v) is 7.58. The highest BCUT2D eigenvalue weighted by Crippen LogP contribution is 2.31. The van der Waals surface area contributed by atoms with Gasteiger partial charge in [0.25, 0.3) is 0 Å². The van der Waals surface area contributed by atoms with Crippen LogP contribution in [0.3, 0.4) is 0 Å². The molecule has 2 aromatic rings. The maximum atomic E-state index is 12.1.